The number of anilines is 2. The predicted molar refractivity (Wildman–Crippen MR) is 209 cm³/mol. The lowest BCUT2D eigenvalue weighted by Crippen LogP contribution is -2.22. The Morgan fingerprint density at radius 1 is 0.621 bits per heavy atom. The van der Waals surface area contributed by atoms with Crippen LogP contribution < -0.4 is 30.4 Å². The smallest absolute Gasteiger partial charge is 0.387 e. The van der Waals surface area contributed by atoms with Crippen LogP contribution in [0, 0.1) is 11.8 Å². The number of hydrogen-bond donors (Lipinski definition) is 4. The summed E-state index contributed by atoms with van der Waals surface area (Å²) in [6, 6.07) is 11.8. The minimum absolute atomic E-state index is 0.0235. The van der Waals surface area contributed by atoms with Gasteiger partial charge in [0.2, 0.25) is 11.9 Å². The predicted octanol–water partition coefficient (Wildman–Crippen LogP) is 5.05. The van der Waals surface area contributed by atoms with Crippen LogP contribution in [0.1, 0.15) is 62.3 Å². The zero-order valence-electron chi connectivity index (χ0n) is 33.1. The highest BCUT2D eigenvalue weighted by Crippen LogP contribution is 2.33. The van der Waals surface area contributed by atoms with Crippen molar-refractivity contribution < 1.29 is 37.2 Å². The van der Waals surface area contributed by atoms with Gasteiger partial charge in [-0.3, -0.25) is 19.6 Å². The van der Waals surface area contributed by atoms with E-state index in [2.05, 4.69) is 39.6 Å². The number of nitrogens with zero attached hydrogens (tertiary/aromatic N) is 8. The first-order chi connectivity index (χ1) is 27.4. The van der Waals surface area contributed by atoms with E-state index in [1.54, 1.807) is 71.6 Å². The third-order valence-electron chi connectivity index (χ3n) is 9.07. The molecule has 0 radical (unpaired) electrons. The molecule has 312 valence electrons. The highest BCUT2D eigenvalue weighted by Gasteiger charge is 2.28. The number of aliphatic hydroxyl groups is 2. The van der Waals surface area contributed by atoms with Gasteiger partial charge in [-0.05, 0) is 47.2 Å². The van der Waals surface area contributed by atoms with E-state index in [1.165, 1.54) is 24.3 Å². The number of rotatable bonds is 14. The molecule has 0 aliphatic carbocycles. The van der Waals surface area contributed by atoms with Crippen molar-refractivity contribution in [2.75, 3.05) is 38.0 Å². The molecule has 0 saturated heterocycles. The van der Waals surface area contributed by atoms with Crippen LogP contribution in [0.3, 0.4) is 0 Å². The van der Waals surface area contributed by atoms with Gasteiger partial charge < -0.3 is 29.5 Å². The molecular formula is C38H46F4N10O6. The second-order valence-electron chi connectivity index (χ2n) is 14.3. The number of nitrogens with one attached hydrogen (secondary N) is 2. The minimum Gasteiger partial charge on any atom is -0.435 e. The average Bonchev–Trinajstić information content (AvgIpc) is 3.71. The summed E-state index contributed by atoms with van der Waals surface area (Å²) >= 11 is 0. The van der Waals surface area contributed by atoms with Crippen molar-refractivity contribution in [1.29, 1.82) is 0 Å². The molecule has 0 spiro atoms. The molecule has 0 amide bonds. The number of alkyl halides is 4. The Morgan fingerprint density at radius 2 is 0.948 bits per heavy atom. The number of aromatic nitrogens is 8. The number of H-pyrrole nitrogens is 2. The van der Waals surface area contributed by atoms with Crippen molar-refractivity contribution in [2.24, 2.45) is 11.8 Å². The van der Waals surface area contributed by atoms with Crippen molar-refractivity contribution in [3.8, 4) is 11.5 Å². The van der Waals surface area contributed by atoms with Crippen LogP contribution in [0.2, 0.25) is 0 Å². The molecule has 20 heteroatoms. The fourth-order valence-electron chi connectivity index (χ4n) is 6.55. The number of hydrogen-bond acceptors (Lipinski definition) is 12. The molecule has 0 aliphatic rings. The molecule has 0 aliphatic heterocycles. The van der Waals surface area contributed by atoms with Gasteiger partial charge in [-0.2, -0.15) is 37.7 Å². The van der Waals surface area contributed by atoms with E-state index in [4.69, 9.17) is 0 Å². The first-order valence-corrected chi connectivity index (χ1v) is 18.1. The summed E-state index contributed by atoms with van der Waals surface area (Å²) < 4.78 is 61.7. The standard InChI is InChI=1S/2C19H23F2N5O3/c2*1-10(2)15(11-5-7-12(8-6-11)29-18(20)21)26-16-14(13(9-27)24-26)17(28)23-19(22-16)25(3)4/h2*5-8,10,15,18,27H,9H2,1-4H3,(H,22,23,28)/t2*15-/m10/s1. The van der Waals surface area contributed by atoms with Gasteiger partial charge in [0.1, 0.15) is 33.7 Å². The van der Waals surface area contributed by atoms with E-state index < -0.39 is 37.6 Å². The van der Waals surface area contributed by atoms with E-state index in [0.29, 0.717) is 23.2 Å². The van der Waals surface area contributed by atoms with E-state index in [0.717, 1.165) is 11.1 Å². The molecule has 0 unspecified atom stereocenters. The van der Waals surface area contributed by atoms with E-state index in [-0.39, 0.29) is 57.6 Å². The van der Waals surface area contributed by atoms with Crippen LogP contribution in [0.5, 0.6) is 11.5 Å². The van der Waals surface area contributed by atoms with Gasteiger partial charge in [0, 0.05) is 28.2 Å². The lowest BCUT2D eigenvalue weighted by Gasteiger charge is -2.23. The zero-order valence-corrected chi connectivity index (χ0v) is 33.1. The van der Waals surface area contributed by atoms with Gasteiger partial charge in [0.05, 0.1) is 25.3 Å². The molecule has 4 aromatic heterocycles. The van der Waals surface area contributed by atoms with Crippen molar-refractivity contribution in [3.05, 3.63) is 91.8 Å². The Kier molecular flexibility index (Phi) is 13.4. The summed E-state index contributed by atoms with van der Waals surface area (Å²) in [5, 5.41) is 28.8. The van der Waals surface area contributed by atoms with Gasteiger partial charge in [0.25, 0.3) is 11.1 Å². The first-order valence-electron chi connectivity index (χ1n) is 18.1. The molecule has 4 heterocycles. The maximum Gasteiger partial charge on any atom is 0.387 e. The van der Waals surface area contributed by atoms with E-state index in [1.807, 2.05) is 27.7 Å². The second-order valence-corrected chi connectivity index (χ2v) is 14.3. The molecule has 58 heavy (non-hydrogen) atoms. The number of ether oxygens (including phenoxy) is 2. The van der Waals surface area contributed by atoms with E-state index >= 15 is 0 Å². The molecule has 0 fully saturated rings. The maximum absolute atomic E-state index is 12.6. The Hall–Kier alpha value is -6.02. The van der Waals surface area contributed by atoms with Gasteiger partial charge in [0.15, 0.2) is 11.3 Å². The molecule has 4 N–H and O–H groups in total. The number of benzene rings is 2. The fraction of sp³-hybridized carbons (Fsp3) is 0.421. The normalized spacial score (nSPS) is 12.7. The second kappa shape index (κ2) is 18.1. The van der Waals surface area contributed by atoms with Gasteiger partial charge >= 0.3 is 13.2 Å². The third kappa shape index (κ3) is 9.23. The van der Waals surface area contributed by atoms with Crippen molar-refractivity contribution in [1.82, 2.24) is 39.5 Å². The fourth-order valence-corrected chi connectivity index (χ4v) is 6.55. The summed E-state index contributed by atoms with van der Waals surface area (Å²) in [7, 11) is 7.00. The monoisotopic (exact) mass is 814 g/mol. The largest absolute Gasteiger partial charge is 0.435 e. The van der Waals surface area contributed by atoms with Crippen LogP contribution in [-0.4, -0.2) is 91.1 Å². The molecular weight excluding hydrogens is 768 g/mol. The van der Waals surface area contributed by atoms with Gasteiger partial charge in [-0.15, -0.1) is 0 Å². The van der Waals surface area contributed by atoms with Crippen molar-refractivity contribution in [3.63, 3.8) is 0 Å². The SMILES string of the molecule is CC(C)[C@@H](c1ccc(OC(F)F)cc1)n1nc(CO)c2c(=O)[nH]c(N(C)C)nc21.CC(C)[C@H](c1ccc(OC(F)F)cc1)n1nc(CO)c2c(=O)[nH]c(N(C)C)nc21. The lowest BCUT2D eigenvalue weighted by molar-refractivity contribution is -0.0505. The van der Waals surface area contributed by atoms with Crippen molar-refractivity contribution >= 4 is 34.0 Å². The minimum atomic E-state index is -2.90. The van der Waals surface area contributed by atoms with Crippen LogP contribution in [0.25, 0.3) is 22.1 Å². The number of aromatic amines is 2. The highest BCUT2D eigenvalue weighted by atomic mass is 19.3. The summed E-state index contributed by atoms with van der Waals surface area (Å²) in [6.45, 7) is 1.26. The molecule has 0 saturated carbocycles. The first kappa shape index (κ1) is 43.1. The van der Waals surface area contributed by atoms with Gasteiger partial charge in [-0.25, -0.2) is 9.36 Å². The summed E-state index contributed by atoms with van der Waals surface area (Å²) in [4.78, 5) is 42.9. The number of aliphatic hydroxyl groups excluding tert-OH is 2. The highest BCUT2D eigenvalue weighted by molar-refractivity contribution is 5.79. The Bertz CT molecular complexity index is 2260. The molecule has 2 atom stereocenters. The Morgan fingerprint density at radius 3 is 1.21 bits per heavy atom. The van der Waals surface area contributed by atoms with Crippen LogP contribution in [0.15, 0.2) is 58.1 Å². The zero-order chi connectivity index (χ0) is 42.6. The Labute approximate surface area is 329 Å². The molecule has 6 rings (SSSR count). The molecule has 16 nitrogen and oxygen atoms in total. The quantitative estimate of drug-likeness (QED) is 0.107. The lowest BCUT2D eigenvalue weighted by atomic mass is 9.96. The molecule has 0 bridgehead atoms. The van der Waals surface area contributed by atoms with Crippen LogP contribution in [0.4, 0.5) is 29.5 Å². The third-order valence-corrected chi connectivity index (χ3v) is 9.07. The van der Waals surface area contributed by atoms with E-state index in [9.17, 15) is 37.4 Å². The van der Waals surface area contributed by atoms with Crippen molar-refractivity contribution in [2.45, 2.75) is 66.2 Å². The maximum atomic E-state index is 12.6. The average molecular weight is 815 g/mol. The Balaban J connectivity index is 0.000000221. The summed E-state index contributed by atoms with van der Waals surface area (Å²) in [5.41, 5.74) is 1.91. The van der Waals surface area contributed by atoms with Gasteiger partial charge in [-0.1, -0.05) is 52.0 Å². The molecule has 2 aromatic carbocycles. The van der Waals surface area contributed by atoms with Crippen LogP contribution >= 0.6 is 0 Å². The summed E-state index contributed by atoms with van der Waals surface area (Å²) in [5.74, 6) is 0.868. The number of fused-ring (bicyclic) bond motifs is 2. The summed E-state index contributed by atoms with van der Waals surface area (Å²) in [6.07, 6.45) is 0. The van der Waals surface area contributed by atoms with Crippen LogP contribution in [-0.2, 0) is 13.2 Å². The topological polar surface area (TPSA) is 193 Å². The number of halogens is 4. The molecule has 6 aromatic rings.